The predicted molar refractivity (Wildman–Crippen MR) is 99.3 cm³/mol. The predicted octanol–water partition coefficient (Wildman–Crippen LogP) is 1.96. The van der Waals surface area contributed by atoms with E-state index < -0.39 is 27.8 Å². The molecule has 0 spiro atoms. The van der Waals surface area contributed by atoms with Crippen LogP contribution in [-0.2, 0) is 25.9 Å². The minimum atomic E-state index is -3.60. The number of carbonyl (C=O) groups excluding carboxylic acids is 2. The Bertz CT molecular complexity index is 921. The van der Waals surface area contributed by atoms with Gasteiger partial charge in [-0.25, -0.2) is 13.2 Å². The Labute approximate surface area is 158 Å². The lowest BCUT2D eigenvalue weighted by atomic mass is 10.2. The van der Waals surface area contributed by atoms with Crippen LogP contribution in [0, 0.1) is 0 Å². The summed E-state index contributed by atoms with van der Waals surface area (Å²) in [7, 11) is -2.03. The quantitative estimate of drug-likeness (QED) is 0.725. The number of rotatable bonds is 7. The van der Waals surface area contributed by atoms with E-state index in [1.807, 2.05) is 0 Å². The average Bonchev–Trinajstić information content (AvgIpc) is 2.65. The Morgan fingerprint density at radius 3 is 2.30 bits per heavy atom. The van der Waals surface area contributed by atoms with E-state index in [0.717, 1.165) is 11.8 Å². The number of hydrogen-bond donors (Lipinski definition) is 1. The smallest absolute Gasteiger partial charge is 0.340 e. The largest absolute Gasteiger partial charge is 0.497 e. The molecular weight excluding hydrogens is 370 g/mol. The molecule has 0 aliphatic rings. The normalized spacial score (nSPS) is 12.1. The number of esters is 1. The standard InChI is InChI=1S/C19H21NO6S/c1-13(18(21)20-12-14-8-10-15(25-2)11-9-14)26-19(22)16-6-4-5-7-17(16)27(3,23)24/h4-11,13H,12H2,1-3H3,(H,20,21)/t13-/m1/s1. The van der Waals surface area contributed by atoms with E-state index in [-0.39, 0.29) is 17.0 Å². The minimum Gasteiger partial charge on any atom is -0.497 e. The maximum absolute atomic E-state index is 12.3. The summed E-state index contributed by atoms with van der Waals surface area (Å²) < 4.78 is 33.8. The number of benzene rings is 2. The molecule has 8 heteroatoms. The fourth-order valence-electron chi connectivity index (χ4n) is 2.31. The zero-order valence-corrected chi connectivity index (χ0v) is 16.1. The lowest BCUT2D eigenvalue weighted by Gasteiger charge is -2.15. The molecule has 7 nitrogen and oxygen atoms in total. The van der Waals surface area contributed by atoms with Gasteiger partial charge in [0.2, 0.25) is 0 Å². The highest BCUT2D eigenvalue weighted by Gasteiger charge is 2.23. The summed E-state index contributed by atoms with van der Waals surface area (Å²) >= 11 is 0. The Hall–Kier alpha value is -2.87. The van der Waals surface area contributed by atoms with Crippen LogP contribution in [-0.4, -0.2) is 39.8 Å². The van der Waals surface area contributed by atoms with Gasteiger partial charge in [-0.15, -0.1) is 0 Å². The van der Waals surface area contributed by atoms with Gasteiger partial charge in [0.1, 0.15) is 5.75 Å². The lowest BCUT2D eigenvalue weighted by Crippen LogP contribution is -2.35. The zero-order valence-electron chi connectivity index (χ0n) is 15.3. The monoisotopic (exact) mass is 391 g/mol. The van der Waals surface area contributed by atoms with Gasteiger partial charge in [0.25, 0.3) is 5.91 Å². The number of ether oxygens (including phenoxy) is 2. The van der Waals surface area contributed by atoms with Crippen LogP contribution < -0.4 is 10.1 Å². The van der Waals surface area contributed by atoms with Gasteiger partial charge in [0.15, 0.2) is 15.9 Å². The van der Waals surface area contributed by atoms with Gasteiger partial charge in [0, 0.05) is 12.8 Å². The summed E-state index contributed by atoms with van der Waals surface area (Å²) in [5.74, 6) is -0.656. The second-order valence-electron chi connectivity index (χ2n) is 5.88. The average molecular weight is 391 g/mol. The number of carbonyl (C=O) groups is 2. The zero-order chi connectivity index (χ0) is 20.0. The Balaban J connectivity index is 1.99. The number of sulfone groups is 1. The molecule has 0 aromatic heterocycles. The van der Waals surface area contributed by atoms with Crippen LogP contribution in [0.2, 0.25) is 0 Å². The van der Waals surface area contributed by atoms with Gasteiger partial charge in [-0.05, 0) is 36.8 Å². The van der Waals surface area contributed by atoms with Gasteiger partial charge >= 0.3 is 5.97 Å². The van der Waals surface area contributed by atoms with Gasteiger partial charge in [-0.1, -0.05) is 24.3 Å². The molecule has 1 amide bonds. The molecule has 0 saturated heterocycles. The number of hydrogen-bond acceptors (Lipinski definition) is 6. The van der Waals surface area contributed by atoms with Crippen LogP contribution in [0.15, 0.2) is 53.4 Å². The molecule has 0 saturated carbocycles. The second kappa shape index (κ2) is 8.68. The van der Waals surface area contributed by atoms with E-state index in [1.165, 1.54) is 31.2 Å². The van der Waals surface area contributed by atoms with Gasteiger partial charge in [0.05, 0.1) is 17.6 Å². The third-order valence-corrected chi connectivity index (χ3v) is 4.94. The molecule has 1 atom stereocenters. The van der Waals surface area contributed by atoms with Gasteiger partial charge in [-0.3, -0.25) is 4.79 Å². The molecule has 0 aliphatic heterocycles. The number of methoxy groups -OCH3 is 1. The highest BCUT2D eigenvalue weighted by atomic mass is 32.2. The van der Waals surface area contributed by atoms with E-state index >= 15 is 0 Å². The van der Waals surface area contributed by atoms with Crippen molar-refractivity contribution in [3.8, 4) is 5.75 Å². The van der Waals surface area contributed by atoms with E-state index in [9.17, 15) is 18.0 Å². The SMILES string of the molecule is COc1ccc(CNC(=O)[C@@H](C)OC(=O)c2ccccc2S(C)(=O)=O)cc1. The van der Waals surface area contributed by atoms with E-state index in [4.69, 9.17) is 9.47 Å². The van der Waals surface area contributed by atoms with Crippen molar-refractivity contribution >= 4 is 21.7 Å². The number of nitrogens with one attached hydrogen (secondary N) is 1. The molecule has 0 radical (unpaired) electrons. The topological polar surface area (TPSA) is 98.8 Å². The number of amides is 1. The second-order valence-corrected chi connectivity index (χ2v) is 7.87. The van der Waals surface area contributed by atoms with Gasteiger partial charge < -0.3 is 14.8 Å². The van der Waals surface area contributed by atoms with Crippen LogP contribution in [0.1, 0.15) is 22.8 Å². The first-order valence-corrected chi connectivity index (χ1v) is 10.0. The van der Waals surface area contributed by atoms with E-state index in [2.05, 4.69) is 5.32 Å². The summed E-state index contributed by atoms with van der Waals surface area (Å²) in [5, 5.41) is 2.66. The molecule has 2 rings (SSSR count). The molecular formula is C19H21NO6S. The Morgan fingerprint density at radius 2 is 1.70 bits per heavy atom. The molecule has 0 fully saturated rings. The Morgan fingerprint density at radius 1 is 1.07 bits per heavy atom. The maximum Gasteiger partial charge on any atom is 0.340 e. The Kier molecular flexibility index (Phi) is 6.57. The summed E-state index contributed by atoms with van der Waals surface area (Å²) in [6.07, 6.45) is -0.0761. The highest BCUT2D eigenvalue weighted by molar-refractivity contribution is 7.90. The van der Waals surface area contributed by atoms with Crippen molar-refractivity contribution in [2.45, 2.75) is 24.5 Å². The molecule has 0 heterocycles. The molecule has 0 aliphatic carbocycles. The van der Waals surface area contributed by atoms with Crippen molar-refractivity contribution in [2.24, 2.45) is 0 Å². The first kappa shape index (κ1) is 20.4. The third-order valence-electron chi connectivity index (χ3n) is 3.79. The summed E-state index contributed by atoms with van der Waals surface area (Å²) in [6.45, 7) is 1.68. The molecule has 0 unspecified atom stereocenters. The minimum absolute atomic E-state index is 0.102. The van der Waals surface area contributed by atoms with Crippen molar-refractivity contribution in [2.75, 3.05) is 13.4 Å². The molecule has 27 heavy (non-hydrogen) atoms. The van der Waals surface area contributed by atoms with Crippen LogP contribution in [0.3, 0.4) is 0 Å². The van der Waals surface area contributed by atoms with Crippen LogP contribution in [0.25, 0.3) is 0 Å². The molecule has 2 aromatic carbocycles. The lowest BCUT2D eigenvalue weighted by molar-refractivity contribution is -0.129. The van der Waals surface area contributed by atoms with Crippen molar-refractivity contribution in [3.05, 3.63) is 59.7 Å². The molecule has 1 N–H and O–H groups in total. The molecule has 2 aromatic rings. The van der Waals surface area contributed by atoms with Crippen molar-refractivity contribution < 1.29 is 27.5 Å². The van der Waals surface area contributed by atoms with Crippen molar-refractivity contribution in [1.29, 1.82) is 0 Å². The summed E-state index contributed by atoms with van der Waals surface area (Å²) in [4.78, 5) is 24.3. The van der Waals surface area contributed by atoms with Crippen molar-refractivity contribution in [3.63, 3.8) is 0 Å². The van der Waals surface area contributed by atoms with Gasteiger partial charge in [-0.2, -0.15) is 0 Å². The van der Waals surface area contributed by atoms with Crippen LogP contribution in [0.4, 0.5) is 0 Å². The molecule has 0 bridgehead atoms. The summed E-state index contributed by atoms with van der Waals surface area (Å²) in [6, 6.07) is 12.9. The van der Waals surface area contributed by atoms with Crippen LogP contribution >= 0.6 is 0 Å². The van der Waals surface area contributed by atoms with E-state index in [1.54, 1.807) is 31.4 Å². The molecule has 144 valence electrons. The summed E-state index contributed by atoms with van der Waals surface area (Å²) in [5.41, 5.74) is 0.750. The fourth-order valence-corrected chi connectivity index (χ4v) is 3.19. The maximum atomic E-state index is 12.3. The van der Waals surface area contributed by atoms with E-state index in [0.29, 0.717) is 5.75 Å². The highest BCUT2D eigenvalue weighted by Crippen LogP contribution is 2.17. The fraction of sp³-hybridized carbons (Fsp3) is 0.263. The third kappa shape index (κ3) is 5.55. The first-order valence-electron chi connectivity index (χ1n) is 8.13. The first-order chi connectivity index (χ1) is 12.7. The van der Waals surface area contributed by atoms with Crippen LogP contribution in [0.5, 0.6) is 5.75 Å². The van der Waals surface area contributed by atoms with Crippen molar-refractivity contribution in [1.82, 2.24) is 5.32 Å².